The summed E-state index contributed by atoms with van der Waals surface area (Å²) in [6, 6.07) is 5.29. The van der Waals surface area contributed by atoms with Crippen molar-refractivity contribution in [2.24, 2.45) is 5.92 Å². The molecule has 1 aliphatic rings. The molecule has 1 aromatic carbocycles. The van der Waals surface area contributed by atoms with Crippen LogP contribution in [0.2, 0.25) is 0 Å². The van der Waals surface area contributed by atoms with Crippen molar-refractivity contribution in [1.82, 2.24) is 0 Å². The van der Waals surface area contributed by atoms with Crippen molar-refractivity contribution >= 4 is 11.4 Å². The standard InChI is InChI=1S/C14H20N2O3/c1-10-4-3-7-15(11(10)2)13-6-5-12(9-17)8-14(13)16(18)19/h5-6,8,10-11,17H,3-4,7,9H2,1-2H3. The first-order valence-electron chi connectivity index (χ1n) is 6.69. The molecule has 0 saturated carbocycles. The minimum atomic E-state index is -0.361. The van der Waals surface area contributed by atoms with E-state index in [2.05, 4.69) is 18.7 Å². The van der Waals surface area contributed by atoms with Gasteiger partial charge in [-0.25, -0.2) is 0 Å². The zero-order valence-corrected chi connectivity index (χ0v) is 11.4. The molecule has 104 valence electrons. The van der Waals surface area contributed by atoms with Crippen molar-refractivity contribution in [2.45, 2.75) is 39.3 Å². The molecular formula is C14H20N2O3. The first kappa shape index (κ1) is 13.8. The third kappa shape index (κ3) is 2.71. The number of anilines is 1. The van der Waals surface area contributed by atoms with Crippen LogP contribution in [0.25, 0.3) is 0 Å². The van der Waals surface area contributed by atoms with E-state index in [0.717, 1.165) is 13.0 Å². The van der Waals surface area contributed by atoms with Crippen molar-refractivity contribution in [1.29, 1.82) is 0 Å². The van der Waals surface area contributed by atoms with Gasteiger partial charge >= 0.3 is 0 Å². The van der Waals surface area contributed by atoms with Gasteiger partial charge < -0.3 is 10.0 Å². The van der Waals surface area contributed by atoms with Gasteiger partial charge in [0.2, 0.25) is 0 Å². The van der Waals surface area contributed by atoms with Crippen LogP contribution in [-0.2, 0) is 6.61 Å². The highest BCUT2D eigenvalue weighted by Crippen LogP contribution is 2.35. The Labute approximate surface area is 113 Å². The first-order valence-corrected chi connectivity index (χ1v) is 6.69. The van der Waals surface area contributed by atoms with Crippen molar-refractivity contribution in [3.8, 4) is 0 Å². The number of nitro groups is 1. The van der Waals surface area contributed by atoms with E-state index in [9.17, 15) is 10.1 Å². The molecule has 0 aromatic heterocycles. The van der Waals surface area contributed by atoms with Gasteiger partial charge in [0.15, 0.2) is 0 Å². The lowest BCUT2D eigenvalue weighted by atomic mass is 9.91. The predicted octanol–water partition coefficient (Wildman–Crippen LogP) is 2.71. The molecule has 1 aliphatic heterocycles. The second kappa shape index (κ2) is 5.57. The third-order valence-corrected chi connectivity index (χ3v) is 4.10. The molecule has 0 radical (unpaired) electrons. The number of nitrogens with zero attached hydrogens (tertiary/aromatic N) is 2. The molecule has 1 saturated heterocycles. The van der Waals surface area contributed by atoms with Crippen LogP contribution in [0.15, 0.2) is 18.2 Å². The number of benzene rings is 1. The number of rotatable bonds is 3. The molecule has 19 heavy (non-hydrogen) atoms. The SMILES string of the molecule is CC1CCCN(c2ccc(CO)cc2[N+](=O)[O-])C1C. The van der Waals surface area contributed by atoms with Crippen LogP contribution >= 0.6 is 0 Å². The maximum atomic E-state index is 11.2. The van der Waals surface area contributed by atoms with E-state index in [0.29, 0.717) is 23.2 Å². The minimum Gasteiger partial charge on any atom is -0.392 e. The summed E-state index contributed by atoms with van der Waals surface area (Å²) in [6.07, 6.45) is 2.23. The topological polar surface area (TPSA) is 66.6 Å². The van der Waals surface area contributed by atoms with Gasteiger partial charge in [-0.1, -0.05) is 13.0 Å². The van der Waals surface area contributed by atoms with Gasteiger partial charge in [-0.2, -0.15) is 0 Å². The zero-order chi connectivity index (χ0) is 14.0. The summed E-state index contributed by atoms with van der Waals surface area (Å²) in [5.74, 6) is 0.533. The van der Waals surface area contributed by atoms with E-state index in [-0.39, 0.29) is 17.2 Å². The lowest BCUT2D eigenvalue weighted by Crippen LogP contribution is -2.42. The van der Waals surface area contributed by atoms with E-state index in [1.807, 2.05) is 0 Å². The molecule has 5 heteroatoms. The highest BCUT2D eigenvalue weighted by molar-refractivity contribution is 5.65. The second-order valence-corrected chi connectivity index (χ2v) is 5.29. The summed E-state index contributed by atoms with van der Waals surface area (Å²) < 4.78 is 0. The fourth-order valence-corrected chi connectivity index (χ4v) is 2.73. The van der Waals surface area contributed by atoms with Crippen LogP contribution in [0.3, 0.4) is 0 Å². The summed E-state index contributed by atoms with van der Waals surface area (Å²) in [7, 11) is 0. The molecule has 0 amide bonds. The van der Waals surface area contributed by atoms with Crippen molar-refractivity contribution < 1.29 is 10.0 Å². The summed E-state index contributed by atoms with van der Waals surface area (Å²) in [4.78, 5) is 13.0. The molecule has 5 nitrogen and oxygen atoms in total. The molecule has 0 bridgehead atoms. The molecule has 1 fully saturated rings. The average molecular weight is 264 g/mol. The Bertz CT molecular complexity index is 476. The number of aliphatic hydroxyl groups excluding tert-OH is 1. The van der Waals surface area contributed by atoms with Gasteiger partial charge in [0.25, 0.3) is 5.69 Å². The maximum Gasteiger partial charge on any atom is 0.292 e. The first-order chi connectivity index (χ1) is 9.04. The van der Waals surface area contributed by atoms with Crippen molar-refractivity contribution in [2.75, 3.05) is 11.4 Å². The Morgan fingerprint density at radius 3 is 2.84 bits per heavy atom. The third-order valence-electron chi connectivity index (χ3n) is 4.10. The summed E-state index contributed by atoms with van der Waals surface area (Å²) in [5, 5.41) is 20.3. The lowest BCUT2D eigenvalue weighted by Gasteiger charge is -2.39. The number of piperidine rings is 1. The monoisotopic (exact) mass is 264 g/mol. The Kier molecular flexibility index (Phi) is 4.04. The molecule has 1 aromatic rings. The Hall–Kier alpha value is -1.62. The van der Waals surface area contributed by atoms with Crippen LogP contribution in [-0.4, -0.2) is 22.6 Å². The lowest BCUT2D eigenvalue weighted by molar-refractivity contribution is -0.384. The van der Waals surface area contributed by atoms with E-state index in [1.54, 1.807) is 12.1 Å². The van der Waals surface area contributed by atoms with Crippen LogP contribution < -0.4 is 4.90 Å². The molecule has 2 atom stereocenters. The number of hydrogen-bond donors (Lipinski definition) is 1. The fraction of sp³-hybridized carbons (Fsp3) is 0.571. The smallest absolute Gasteiger partial charge is 0.292 e. The second-order valence-electron chi connectivity index (χ2n) is 5.29. The average Bonchev–Trinajstić information content (AvgIpc) is 2.41. The quantitative estimate of drug-likeness (QED) is 0.673. The van der Waals surface area contributed by atoms with Crippen molar-refractivity contribution in [3.63, 3.8) is 0 Å². The highest BCUT2D eigenvalue weighted by atomic mass is 16.6. The van der Waals surface area contributed by atoms with E-state index in [1.165, 1.54) is 12.5 Å². The molecule has 1 N–H and O–H groups in total. The number of hydrogen-bond acceptors (Lipinski definition) is 4. The van der Waals surface area contributed by atoms with Gasteiger partial charge in [0.1, 0.15) is 5.69 Å². The normalized spacial score (nSPS) is 23.4. The summed E-state index contributed by atoms with van der Waals surface area (Å²) >= 11 is 0. The van der Waals surface area contributed by atoms with Crippen LogP contribution in [0.5, 0.6) is 0 Å². The zero-order valence-electron chi connectivity index (χ0n) is 11.4. The van der Waals surface area contributed by atoms with E-state index < -0.39 is 0 Å². The minimum absolute atomic E-state index is 0.0903. The number of aliphatic hydroxyl groups is 1. The van der Waals surface area contributed by atoms with Gasteiger partial charge in [0.05, 0.1) is 11.5 Å². The highest BCUT2D eigenvalue weighted by Gasteiger charge is 2.29. The van der Waals surface area contributed by atoms with Crippen LogP contribution in [0, 0.1) is 16.0 Å². The van der Waals surface area contributed by atoms with Crippen molar-refractivity contribution in [3.05, 3.63) is 33.9 Å². The van der Waals surface area contributed by atoms with Crippen LogP contribution in [0.4, 0.5) is 11.4 Å². The Balaban J connectivity index is 2.40. The maximum absolute atomic E-state index is 11.2. The van der Waals surface area contributed by atoms with Crippen LogP contribution in [0.1, 0.15) is 32.3 Å². The van der Waals surface area contributed by atoms with Gasteiger partial charge in [-0.05, 0) is 37.3 Å². The molecule has 1 heterocycles. The molecule has 0 spiro atoms. The van der Waals surface area contributed by atoms with E-state index >= 15 is 0 Å². The summed E-state index contributed by atoms with van der Waals surface area (Å²) in [5.41, 5.74) is 1.34. The Morgan fingerprint density at radius 1 is 1.47 bits per heavy atom. The molecule has 2 unspecified atom stereocenters. The van der Waals surface area contributed by atoms with Gasteiger partial charge in [-0.3, -0.25) is 10.1 Å². The van der Waals surface area contributed by atoms with Gasteiger partial charge in [-0.15, -0.1) is 0 Å². The molecule has 0 aliphatic carbocycles. The Morgan fingerprint density at radius 2 is 2.21 bits per heavy atom. The molecular weight excluding hydrogens is 244 g/mol. The van der Waals surface area contributed by atoms with E-state index in [4.69, 9.17) is 5.11 Å². The molecule has 2 rings (SSSR count). The fourth-order valence-electron chi connectivity index (χ4n) is 2.73. The largest absolute Gasteiger partial charge is 0.392 e. The predicted molar refractivity (Wildman–Crippen MR) is 74.2 cm³/mol. The summed E-state index contributed by atoms with van der Waals surface area (Å²) in [6.45, 7) is 4.98. The number of nitro benzene ring substituents is 1. The van der Waals surface area contributed by atoms with Gasteiger partial charge in [0, 0.05) is 18.7 Å².